The van der Waals surface area contributed by atoms with Crippen molar-refractivity contribution in [1.29, 1.82) is 0 Å². The van der Waals surface area contributed by atoms with Gasteiger partial charge in [0.2, 0.25) is 12.7 Å². The van der Waals surface area contributed by atoms with Gasteiger partial charge in [-0.25, -0.2) is 0 Å². The second-order valence-corrected chi connectivity index (χ2v) is 6.26. The summed E-state index contributed by atoms with van der Waals surface area (Å²) in [6.07, 6.45) is 2.41. The van der Waals surface area contributed by atoms with E-state index in [1.807, 2.05) is 23.1 Å². The van der Waals surface area contributed by atoms with E-state index >= 15 is 0 Å². The fourth-order valence-electron chi connectivity index (χ4n) is 3.08. The first kappa shape index (κ1) is 17.0. The molecular weight excluding hydrogens is 310 g/mol. The fourth-order valence-corrected chi connectivity index (χ4v) is 3.08. The van der Waals surface area contributed by atoms with E-state index in [-0.39, 0.29) is 12.7 Å². The third-order valence-corrected chi connectivity index (χ3v) is 4.54. The molecule has 0 radical (unpaired) electrons. The van der Waals surface area contributed by atoms with Crippen LogP contribution in [0.15, 0.2) is 18.2 Å². The Morgan fingerprint density at radius 1 is 1.21 bits per heavy atom. The van der Waals surface area contributed by atoms with Crippen LogP contribution in [0.2, 0.25) is 0 Å². The minimum Gasteiger partial charge on any atom is -0.454 e. The number of hydrogen-bond acceptors (Lipinski definition) is 5. The van der Waals surface area contributed by atoms with Crippen molar-refractivity contribution < 1.29 is 23.7 Å². The van der Waals surface area contributed by atoms with Crippen LogP contribution in [0.25, 0.3) is 0 Å². The summed E-state index contributed by atoms with van der Waals surface area (Å²) >= 11 is 0. The molecular formula is C18H25NO5. The summed E-state index contributed by atoms with van der Waals surface area (Å²) in [6, 6.07) is 5.70. The standard InChI is InChI=1S/C18H25NO5/c1-21-8-9-22-12-14-4-6-19(7-5-14)18(20)11-15-2-3-16-17(10-15)24-13-23-16/h2-3,10,14H,4-9,11-13H2,1H3. The maximum absolute atomic E-state index is 12.5. The molecule has 132 valence electrons. The number of likely N-dealkylation sites (tertiary alicyclic amines) is 1. The Bertz CT molecular complexity index is 554. The highest BCUT2D eigenvalue weighted by Crippen LogP contribution is 2.32. The Balaban J connectivity index is 1.42. The van der Waals surface area contributed by atoms with Gasteiger partial charge in [0, 0.05) is 26.8 Å². The van der Waals surface area contributed by atoms with Crippen LogP contribution in [-0.2, 0) is 20.7 Å². The molecule has 0 aromatic heterocycles. The molecule has 1 amide bonds. The first-order valence-electron chi connectivity index (χ1n) is 8.49. The number of carbonyl (C=O) groups is 1. The Morgan fingerprint density at radius 2 is 2.00 bits per heavy atom. The number of ether oxygens (including phenoxy) is 4. The van der Waals surface area contributed by atoms with Crippen LogP contribution in [0.1, 0.15) is 18.4 Å². The average molecular weight is 335 g/mol. The van der Waals surface area contributed by atoms with Crippen molar-refractivity contribution in [3.63, 3.8) is 0 Å². The van der Waals surface area contributed by atoms with Crippen LogP contribution in [0, 0.1) is 5.92 Å². The molecule has 0 aliphatic carbocycles. The predicted octanol–water partition coefficient (Wildman–Crippen LogP) is 1.86. The molecule has 1 saturated heterocycles. The maximum Gasteiger partial charge on any atom is 0.231 e. The van der Waals surface area contributed by atoms with E-state index < -0.39 is 0 Å². The fraction of sp³-hybridized carbons (Fsp3) is 0.611. The zero-order valence-corrected chi connectivity index (χ0v) is 14.2. The Kier molecular flexibility index (Phi) is 5.93. The molecule has 1 fully saturated rings. The lowest BCUT2D eigenvalue weighted by atomic mass is 9.97. The second kappa shape index (κ2) is 8.35. The third-order valence-electron chi connectivity index (χ3n) is 4.54. The van der Waals surface area contributed by atoms with Gasteiger partial charge >= 0.3 is 0 Å². The molecule has 6 heteroatoms. The quantitative estimate of drug-likeness (QED) is 0.712. The monoisotopic (exact) mass is 335 g/mol. The van der Waals surface area contributed by atoms with Crippen LogP contribution >= 0.6 is 0 Å². The highest BCUT2D eigenvalue weighted by molar-refractivity contribution is 5.79. The van der Waals surface area contributed by atoms with Gasteiger partial charge in [0.1, 0.15) is 0 Å². The zero-order chi connectivity index (χ0) is 16.8. The molecule has 1 aromatic rings. The molecule has 0 atom stereocenters. The smallest absolute Gasteiger partial charge is 0.231 e. The predicted molar refractivity (Wildman–Crippen MR) is 88.3 cm³/mol. The van der Waals surface area contributed by atoms with Crippen LogP contribution < -0.4 is 9.47 Å². The van der Waals surface area contributed by atoms with E-state index in [4.69, 9.17) is 18.9 Å². The first-order valence-corrected chi connectivity index (χ1v) is 8.49. The number of benzene rings is 1. The van der Waals surface area contributed by atoms with Crippen molar-refractivity contribution >= 4 is 5.91 Å². The Morgan fingerprint density at radius 3 is 2.79 bits per heavy atom. The minimum atomic E-state index is 0.174. The largest absolute Gasteiger partial charge is 0.454 e. The van der Waals surface area contributed by atoms with Gasteiger partial charge in [-0.1, -0.05) is 6.07 Å². The number of carbonyl (C=O) groups excluding carboxylic acids is 1. The lowest BCUT2D eigenvalue weighted by Crippen LogP contribution is -2.40. The van der Waals surface area contributed by atoms with Crippen molar-refractivity contribution in [2.75, 3.05) is 46.8 Å². The van der Waals surface area contributed by atoms with E-state index in [9.17, 15) is 4.79 Å². The van der Waals surface area contributed by atoms with Crippen molar-refractivity contribution in [1.82, 2.24) is 4.90 Å². The minimum absolute atomic E-state index is 0.174. The lowest BCUT2D eigenvalue weighted by Gasteiger charge is -2.32. The lowest BCUT2D eigenvalue weighted by molar-refractivity contribution is -0.132. The molecule has 24 heavy (non-hydrogen) atoms. The number of nitrogens with zero attached hydrogens (tertiary/aromatic N) is 1. The van der Waals surface area contributed by atoms with E-state index in [2.05, 4.69) is 0 Å². The molecule has 3 rings (SSSR count). The number of piperidine rings is 1. The molecule has 6 nitrogen and oxygen atoms in total. The second-order valence-electron chi connectivity index (χ2n) is 6.26. The molecule has 2 heterocycles. The summed E-state index contributed by atoms with van der Waals surface area (Å²) in [7, 11) is 1.67. The van der Waals surface area contributed by atoms with Crippen LogP contribution in [0.3, 0.4) is 0 Å². The van der Waals surface area contributed by atoms with Gasteiger partial charge in [-0.3, -0.25) is 4.79 Å². The van der Waals surface area contributed by atoms with Gasteiger partial charge in [-0.05, 0) is 36.5 Å². The summed E-state index contributed by atoms with van der Waals surface area (Å²) < 4.78 is 21.2. The highest BCUT2D eigenvalue weighted by atomic mass is 16.7. The molecule has 0 spiro atoms. The van der Waals surface area contributed by atoms with Crippen molar-refractivity contribution in [2.24, 2.45) is 5.92 Å². The normalized spacial score (nSPS) is 17.3. The van der Waals surface area contributed by atoms with Crippen LogP contribution in [0.5, 0.6) is 11.5 Å². The summed E-state index contributed by atoms with van der Waals surface area (Å²) in [5.41, 5.74) is 0.967. The average Bonchev–Trinajstić information content (AvgIpc) is 3.07. The summed E-state index contributed by atoms with van der Waals surface area (Å²) in [6.45, 7) is 3.90. The number of fused-ring (bicyclic) bond motifs is 1. The van der Waals surface area contributed by atoms with E-state index in [1.54, 1.807) is 7.11 Å². The third kappa shape index (κ3) is 4.39. The number of amides is 1. The van der Waals surface area contributed by atoms with E-state index in [1.165, 1.54) is 0 Å². The van der Waals surface area contributed by atoms with Gasteiger partial charge in [0.05, 0.1) is 19.6 Å². The molecule has 0 unspecified atom stereocenters. The maximum atomic E-state index is 12.5. The Hall–Kier alpha value is -1.79. The van der Waals surface area contributed by atoms with Crippen molar-refractivity contribution in [3.05, 3.63) is 23.8 Å². The SMILES string of the molecule is COCCOCC1CCN(C(=O)Cc2ccc3c(c2)OCO3)CC1. The molecule has 1 aromatic carbocycles. The molecule has 0 saturated carbocycles. The zero-order valence-electron chi connectivity index (χ0n) is 14.2. The van der Waals surface area contributed by atoms with Crippen LogP contribution in [0.4, 0.5) is 0 Å². The summed E-state index contributed by atoms with van der Waals surface area (Å²) in [5.74, 6) is 2.19. The van der Waals surface area contributed by atoms with E-state index in [0.29, 0.717) is 25.6 Å². The van der Waals surface area contributed by atoms with Gasteiger partial charge in [-0.2, -0.15) is 0 Å². The Labute approximate surface area is 142 Å². The van der Waals surface area contributed by atoms with Gasteiger partial charge < -0.3 is 23.8 Å². The van der Waals surface area contributed by atoms with Crippen molar-refractivity contribution in [2.45, 2.75) is 19.3 Å². The van der Waals surface area contributed by atoms with Crippen molar-refractivity contribution in [3.8, 4) is 11.5 Å². The molecule has 2 aliphatic heterocycles. The number of rotatable bonds is 7. The van der Waals surface area contributed by atoms with E-state index in [0.717, 1.165) is 49.6 Å². The molecule has 0 bridgehead atoms. The summed E-state index contributed by atoms with van der Waals surface area (Å²) in [5, 5.41) is 0. The highest BCUT2D eigenvalue weighted by Gasteiger charge is 2.23. The van der Waals surface area contributed by atoms with Gasteiger partial charge in [0.25, 0.3) is 0 Å². The van der Waals surface area contributed by atoms with Gasteiger partial charge in [-0.15, -0.1) is 0 Å². The number of methoxy groups -OCH3 is 1. The number of hydrogen-bond donors (Lipinski definition) is 0. The molecule has 2 aliphatic rings. The van der Waals surface area contributed by atoms with Crippen LogP contribution in [-0.4, -0.2) is 57.6 Å². The van der Waals surface area contributed by atoms with Gasteiger partial charge in [0.15, 0.2) is 11.5 Å². The first-order chi connectivity index (χ1) is 11.8. The topological polar surface area (TPSA) is 57.2 Å². The summed E-state index contributed by atoms with van der Waals surface area (Å²) in [4.78, 5) is 14.4. The molecule has 0 N–H and O–H groups in total.